The fourth-order valence-electron chi connectivity index (χ4n) is 4.90. The number of carbonyl (C=O) groups excluding carboxylic acids is 1. The first-order valence-corrected chi connectivity index (χ1v) is 6.64. The van der Waals surface area contributed by atoms with Gasteiger partial charge in [0.25, 0.3) is 0 Å². The van der Waals surface area contributed by atoms with E-state index in [1.54, 1.807) is 5.57 Å². The van der Waals surface area contributed by atoms with Crippen molar-refractivity contribution < 1.29 is 4.79 Å². The normalized spacial score (nSPS) is 49.1. The van der Waals surface area contributed by atoms with E-state index < -0.39 is 0 Å². The predicted molar refractivity (Wildman–Crippen MR) is 64.9 cm³/mol. The minimum Gasteiger partial charge on any atom is -0.299 e. The molecule has 0 aliphatic heterocycles. The van der Waals surface area contributed by atoms with Crippen LogP contribution in [0.1, 0.15) is 40.5 Å². The van der Waals surface area contributed by atoms with Gasteiger partial charge in [-0.2, -0.15) is 0 Å². The molecule has 16 heavy (non-hydrogen) atoms. The van der Waals surface area contributed by atoms with Crippen molar-refractivity contribution in [3.05, 3.63) is 11.6 Å². The van der Waals surface area contributed by atoms with E-state index in [2.05, 4.69) is 33.8 Å². The minimum absolute atomic E-state index is 0.0773. The Morgan fingerprint density at radius 2 is 2.00 bits per heavy atom. The Kier molecular flexibility index (Phi) is 1.98. The summed E-state index contributed by atoms with van der Waals surface area (Å²) in [4.78, 5) is 12.2. The number of hydrogen-bond donors (Lipinski definition) is 0. The highest BCUT2D eigenvalue weighted by Crippen LogP contribution is 2.63. The van der Waals surface area contributed by atoms with E-state index in [0.29, 0.717) is 23.5 Å². The van der Waals surface area contributed by atoms with Crippen LogP contribution in [0, 0.1) is 35.0 Å². The predicted octanol–water partition coefficient (Wildman–Crippen LogP) is 3.45. The molecule has 0 heterocycles. The van der Waals surface area contributed by atoms with Crippen molar-refractivity contribution in [2.24, 2.45) is 35.0 Å². The molecule has 0 aromatic rings. The summed E-state index contributed by atoms with van der Waals surface area (Å²) in [6.07, 6.45) is 4.48. The molecule has 1 nitrogen and oxygen atoms in total. The molecule has 88 valence electrons. The van der Waals surface area contributed by atoms with Crippen LogP contribution >= 0.6 is 0 Å². The van der Waals surface area contributed by atoms with Crippen LogP contribution < -0.4 is 0 Å². The van der Waals surface area contributed by atoms with Gasteiger partial charge in [-0.15, -0.1) is 0 Å². The van der Waals surface area contributed by atoms with Crippen molar-refractivity contribution in [1.29, 1.82) is 0 Å². The monoisotopic (exact) mass is 218 g/mol. The second-order valence-electron chi connectivity index (χ2n) is 6.77. The summed E-state index contributed by atoms with van der Waals surface area (Å²) in [5, 5.41) is 0. The van der Waals surface area contributed by atoms with Gasteiger partial charge < -0.3 is 0 Å². The minimum atomic E-state index is -0.0773. The Bertz CT molecular complexity index is 377. The van der Waals surface area contributed by atoms with E-state index in [-0.39, 0.29) is 5.41 Å². The maximum absolute atomic E-state index is 12.2. The van der Waals surface area contributed by atoms with Crippen LogP contribution in [0.3, 0.4) is 0 Å². The van der Waals surface area contributed by atoms with Gasteiger partial charge in [0, 0.05) is 11.8 Å². The van der Waals surface area contributed by atoms with Crippen molar-refractivity contribution in [1.82, 2.24) is 0 Å². The third kappa shape index (κ3) is 1.05. The van der Waals surface area contributed by atoms with E-state index in [1.165, 1.54) is 6.42 Å². The Hall–Kier alpha value is -0.590. The van der Waals surface area contributed by atoms with Gasteiger partial charge in [0.15, 0.2) is 0 Å². The van der Waals surface area contributed by atoms with E-state index in [1.807, 2.05) is 0 Å². The van der Waals surface area contributed by atoms with Crippen molar-refractivity contribution in [2.75, 3.05) is 0 Å². The molecule has 3 aliphatic carbocycles. The van der Waals surface area contributed by atoms with Gasteiger partial charge in [-0.1, -0.05) is 32.4 Å². The van der Waals surface area contributed by atoms with Gasteiger partial charge in [0.05, 0.1) is 0 Å². The molecular formula is C15H22O. The smallest absolute Gasteiger partial charge is 0.139 e. The number of carbonyl (C=O) groups is 1. The number of ketones is 1. The second kappa shape index (κ2) is 3.00. The number of hydrogen-bond acceptors (Lipinski definition) is 1. The molecule has 3 aliphatic rings. The van der Waals surface area contributed by atoms with E-state index in [0.717, 1.165) is 18.3 Å². The molecule has 0 amide bonds. The standard InChI is InChI=1S/C15H22O/c1-8-5-6-10-9(2)11-7-12(16)15(3,4)14(10)13(8)11/h5,9-11,13-14H,6-7H2,1-4H3/t9-,10?,11?,13?,14?/m1/s1. The van der Waals surface area contributed by atoms with Gasteiger partial charge >= 0.3 is 0 Å². The number of rotatable bonds is 0. The highest BCUT2D eigenvalue weighted by Gasteiger charge is 2.61. The Labute approximate surface area is 98.3 Å². The summed E-state index contributed by atoms with van der Waals surface area (Å²) in [7, 11) is 0. The van der Waals surface area contributed by atoms with Crippen molar-refractivity contribution in [3.8, 4) is 0 Å². The van der Waals surface area contributed by atoms with Crippen molar-refractivity contribution in [3.63, 3.8) is 0 Å². The summed E-state index contributed by atoms with van der Waals surface area (Å²) in [6, 6.07) is 0. The maximum atomic E-state index is 12.2. The van der Waals surface area contributed by atoms with Gasteiger partial charge in [-0.05, 0) is 42.9 Å². The highest BCUT2D eigenvalue weighted by molar-refractivity contribution is 5.86. The fraction of sp³-hybridized carbons (Fsp3) is 0.800. The molecule has 5 atom stereocenters. The zero-order valence-electron chi connectivity index (χ0n) is 10.8. The molecule has 0 aromatic carbocycles. The molecule has 0 radical (unpaired) electrons. The van der Waals surface area contributed by atoms with E-state index in [4.69, 9.17) is 0 Å². The lowest BCUT2D eigenvalue weighted by Gasteiger charge is -2.45. The Morgan fingerprint density at radius 3 is 2.69 bits per heavy atom. The second-order valence-corrected chi connectivity index (χ2v) is 6.77. The lowest BCUT2D eigenvalue weighted by molar-refractivity contribution is -0.135. The average Bonchev–Trinajstić information content (AvgIpc) is 2.40. The number of Topliss-reactive ketones (excluding diaryl/α,β-unsaturated/α-hetero) is 1. The molecule has 0 aromatic heterocycles. The summed E-state index contributed by atoms with van der Waals surface area (Å²) < 4.78 is 0. The average molecular weight is 218 g/mol. The third-order valence-corrected chi connectivity index (χ3v) is 5.87. The van der Waals surface area contributed by atoms with Crippen molar-refractivity contribution in [2.45, 2.75) is 40.5 Å². The lowest BCUT2D eigenvalue weighted by atomic mass is 9.58. The van der Waals surface area contributed by atoms with Crippen LogP contribution in [-0.4, -0.2) is 5.78 Å². The molecule has 0 spiro atoms. The summed E-state index contributed by atoms with van der Waals surface area (Å²) in [6.45, 7) is 9.04. The van der Waals surface area contributed by atoms with Crippen LogP contribution in [-0.2, 0) is 4.79 Å². The largest absolute Gasteiger partial charge is 0.299 e. The molecule has 4 unspecified atom stereocenters. The van der Waals surface area contributed by atoms with Crippen LogP contribution in [0.4, 0.5) is 0 Å². The quantitative estimate of drug-likeness (QED) is 0.569. The van der Waals surface area contributed by atoms with Gasteiger partial charge in [0.1, 0.15) is 5.78 Å². The molecule has 0 N–H and O–H groups in total. The van der Waals surface area contributed by atoms with Gasteiger partial charge in [0.2, 0.25) is 0 Å². The first kappa shape index (κ1) is 10.6. The SMILES string of the molecule is CC1=CCC2C3C1C(CC(=O)C3(C)C)[C@@H]2C. The van der Waals surface area contributed by atoms with Gasteiger partial charge in [-0.3, -0.25) is 4.79 Å². The highest BCUT2D eigenvalue weighted by atomic mass is 16.1. The maximum Gasteiger partial charge on any atom is 0.139 e. The molecular weight excluding hydrogens is 196 g/mol. The summed E-state index contributed by atoms with van der Waals surface area (Å²) in [5.41, 5.74) is 1.49. The Morgan fingerprint density at radius 1 is 1.31 bits per heavy atom. The van der Waals surface area contributed by atoms with E-state index in [9.17, 15) is 4.79 Å². The zero-order chi connectivity index (χ0) is 11.7. The van der Waals surface area contributed by atoms with Gasteiger partial charge in [-0.25, -0.2) is 0 Å². The summed E-state index contributed by atoms with van der Waals surface area (Å²) in [5.74, 6) is 4.01. The molecule has 2 fully saturated rings. The van der Waals surface area contributed by atoms with E-state index >= 15 is 0 Å². The fourth-order valence-corrected chi connectivity index (χ4v) is 4.90. The molecule has 3 rings (SSSR count). The Balaban J connectivity index is 2.12. The van der Waals surface area contributed by atoms with Crippen LogP contribution in [0.15, 0.2) is 11.6 Å². The number of allylic oxidation sites excluding steroid dienone is 2. The van der Waals surface area contributed by atoms with Crippen LogP contribution in [0.2, 0.25) is 0 Å². The first-order chi connectivity index (χ1) is 7.44. The molecule has 4 bridgehead atoms. The topological polar surface area (TPSA) is 17.1 Å². The molecule has 0 saturated heterocycles. The third-order valence-electron chi connectivity index (χ3n) is 5.87. The first-order valence-electron chi connectivity index (χ1n) is 6.64. The lowest BCUT2D eigenvalue weighted by Crippen LogP contribution is -2.44. The summed E-state index contributed by atoms with van der Waals surface area (Å²) >= 11 is 0. The van der Waals surface area contributed by atoms with Crippen molar-refractivity contribution >= 4 is 5.78 Å². The molecule has 1 heteroatoms. The zero-order valence-corrected chi connectivity index (χ0v) is 10.8. The van der Waals surface area contributed by atoms with Crippen LogP contribution in [0.5, 0.6) is 0 Å². The van der Waals surface area contributed by atoms with Crippen LogP contribution in [0.25, 0.3) is 0 Å². The molecule has 2 saturated carbocycles.